The summed E-state index contributed by atoms with van der Waals surface area (Å²) < 4.78 is 14.7. The minimum Gasteiger partial charge on any atom is -0.354 e. The molecule has 0 amide bonds. The second kappa shape index (κ2) is 10.8. The third-order valence-corrected chi connectivity index (χ3v) is 5.86. The van der Waals surface area contributed by atoms with E-state index in [1.165, 1.54) is 12.1 Å². The maximum absolute atomic E-state index is 13.1. The Morgan fingerprint density at radius 1 is 1.09 bits per heavy atom. The number of nitrogens with zero attached hydrogens (tertiary/aromatic N) is 5. The monoisotopic (exact) mass is 460 g/mol. The number of aromatic nitrogens is 3. The van der Waals surface area contributed by atoms with Crippen molar-refractivity contribution in [1.82, 2.24) is 24.3 Å². The van der Waals surface area contributed by atoms with E-state index in [-0.39, 0.29) is 23.8 Å². The van der Waals surface area contributed by atoms with E-state index in [2.05, 4.69) is 32.1 Å². The zero-order valence-corrected chi connectivity index (χ0v) is 19.4. The van der Waals surface area contributed by atoms with Gasteiger partial charge in [0.2, 0.25) is 5.95 Å². The van der Waals surface area contributed by atoms with Crippen molar-refractivity contribution >= 4 is 29.4 Å². The molecular formula is C23H30ClFN6O. The van der Waals surface area contributed by atoms with E-state index in [4.69, 9.17) is 0 Å². The van der Waals surface area contributed by atoms with Crippen LogP contribution in [0.3, 0.4) is 0 Å². The van der Waals surface area contributed by atoms with E-state index in [9.17, 15) is 9.18 Å². The van der Waals surface area contributed by atoms with Crippen molar-refractivity contribution in [2.75, 3.05) is 51.6 Å². The molecule has 1 aliphatic heterocycles. The molecule has 32 heavy (non-hydrogen) atoms. The maximum atomic E-state index is 13.1. The number of anilines is 1. The molecule has 1 aromatic carbocycles. The molecule has 172 valence electrons. The van der Waals surface area contributed by atoms with Crippen LogP contribution in [0, 0.1) is 5.82 Å². The van der Waals surface area contributed by atoms with Gasteiger partial charge >= 0.3 is 0 Å². The van der Waals surface area contributed by atoms with Crippen LogP contribution in [0.2, 0.25) is 0 Å². The zero-order chi connectivity index (χ0) is 21.8. The van der Waals surface area contributed by atoms with E-state index in [0.717, 1.165) is 56.6 Å². The number of halogens is 2. The summed E-state index contributed by atoms with van der Waals surface area (Å²) >= 11 is 0. The highest BCUT2D eigenvalue weighted by atomic mass is 35.5. The molecule has 7 nitrogen and oxygen atoms in total. The molecule has 9 heteroatoms. The third-order valence-electron chi connectivity index (χ3n) is 5.86. The first kappa shape index (κ1) is 24.1. The Morgan fingerprint density at radius 3 is 2.53 bits per heavy atom. The molecule has 0 spiro atoms. The molecule has 0 saturated carbocycles. The topological polar surface area (TPSA) is 66.3 Å². The van der Waals surface area contributed by atoms with Gasteiger partial charge in [-0.15, -0.1) is 12.4 Å². The van der Waals surface area contributed by atoms with Gasteiger partial charge in [-0.1, -0.05) is 12.1 Å². The quantitative estimate of drug-likeness (QED) is 0.546. The molecule has 4 rings (SSSR count). The number of hydrogen-bond acceptors (Lipinski definition) is 6. The van der Waals surface area contributed by atoms with Crippen LogP contribution < -0.4 is 10.9 Å². The van der Waals surface area contributed by atoms with E-state index < -0.39 is 0 Å². The first-order chi connectivity index (χ1) is 15.0. The molecule has 0 bridgehead atoms. The summed E-state index contributed by atoms with van der Waals surface area (Å²) in [7, 11) is 3.89. The Labute approximate surface area is 193 Å². The molecule has 0 unspecified atom stereocenters. The molecule has 0 atom stereocenters. The van der Waals surface area contributed by atoms with Crippen molar-refractivity contribution in [3.05, 3.63) is 63.8 Å². The lowest BCUT2D eigenvalue weighted by molar-refractivity contribution is 0.154. The first-order valence-corrected chi connectivity index (χ1v) is 10.7. The number of piperazine rings is 1. The molecule has 0 aliphatic carbocycles. The molecule has 1 fully saturated rings. The van der Waals surface area contributed by atoms with E-state index in [1.54, 1.807) is 29.9 Å². The van der Waals surface area contributed by atoms with Gasteiger partial charge in [-0.2, -0.15) is 4.98 Å². The van der Waals surface area contributed by atoms with Crippen LogP contribution >= 0.6 is 12.4 Å². The molecule has 3 heterocycles. The summed E-state index contributed by atoms with van der Waals surface area (Å²) in [5.41, 5.74) is 2.02. The number of nitrogens with one attached hydrogen (secondary N) is 1. The number of likely N-dealkylation sites (N-methyl/N-ethyl adjacent to an activating group) is 1. The van der Waals surface area contributed by atoms with Crippen molar-refractivity contribution in [1.29, 1.82) is 0 Å². The molecule has 1 aliphatic rings. The Hall–Kier alpha value is -2.55. The second-order valence-corrected chi connectivity index (χ2v) is 8.23. The highest BCUT2D eigenvalue weighted by molar-refractivity contribution is 5.85. The summed E-state index contributed by atoms with van der Waals surface area (Å²) in [5, 5.41) is 4.09. The number of fused-ring (bicyclic) bond motifs is 1. The molecular weight excluding hydrogens is 431 g/mol. The van der Waals surface area contributed by atoms with Gasteiger partial charge in [-0.05, 0) is 43.8 Å². The van der Waals surface area contributed by atoms with Gasteiger partial charge in [0, 0.05) is 63.3 Å². The van der Waals surface area contributed by atoms with Gasteiger partial charge in [0.1, 0.15) is 11.5 Å². The predicted molar refractivity (Wildman–Crippen MR) is 128 cm³/mol. The predicted octanol–water partition coefficient (Wildman–Crippen LogP) is 2.53. The van der Waals surface area contributed by atoms with E-state index in [1.807, 2.05) is 6.07 Å². The van der Waals surface area contributed by atoms with Crippen molar-refractivity contribution in [3.63, 3.8) is 0 Å². The number of aryl methyl sites for hydroxylation is 1. The summed E-state index contributed by atoms with van der Waals surface area (Å²) in [6.45, 7) is 6.32. The lowest BCUT2D eigenvalue weighted by Crippen LogP contribution is -2.44. The lowest BCUT2D eigenvalue weighted by atomic mass is 10.1. The van der Waals surface area contributed by atoms with Gasteiger partial charge < -0.3 is 15.1 Å². The molecule has 0 radical (unpaired) electrons. The van der Waals surface area contributed by atoms with Crippen LogP contribution in [-0.4, -0.2) is 70.7 Å². The smallest absolute Gasteiger partial charge is 0.255 e. The van der Waals surface area contributed by atoms with Gasteiger partial charge in [0.25, 0.3) is 5.56 Å². The highest BCUT2D eigenvalue weighted by Gasteiger charge is 2.13. The number of pyridine rings is 1. The second-order valence-electron chi connectivity index (χ2n) is 8.23. The van der Waals surface area contributed by atoms with Gasteiger partial charge in [-0.3, -0.25) is 9.36 Å². The van der Waals surface area contributed by atoms with Crippen molar-refractivity contribution < 1.29 is 4.39 Å². The molecule has 2 aromatic heterocycles. The van der Waals surface area contributed by atoms with Gasteiger partial charge in [0.15, 0.2) is 0 Å². The molecule has 3 aromatic rings. The molecule has 1 saturated heterocycles. The van der Waals surface area contributed by atoms with Gasteiger partial charge in [0.05, 0.1) is 0 Å². The fraction of sp³-hybridized carbons (Fsp3) is 0.435. The Morgan fingerprint density at radius 2 is 1.81 bits per heavy atom. The van der Waals surface area contributed by atoms with Crippen LogP contribution in [0.25, 0.3) is 11.0 Å². The van der Waals surface area contributed by atoms with Crippen LogP contribution in [0.5, 0.6) is 0 Å². The highest BCUT2D eigenvalue weighted by Crippen LogP contribution is 2.15. The zero-order valence-electron chi connectivity index (χ0n) is 18.6. The van der Waals surface area contributed by atoms with Crippen LogP contribution in [0.15, 0.2) is 41.3 Å². The Balaban J connectivity index is 0.00000289. The van der Waals surface area contributed by atoms with Crippen LogP contribution in [0.4, 0.5) is 10.3 Å². The minimum atomic E-state index is -0.285. The van der Waals surface area contributed by atoms with Crippen LogP contribution in [0.1, 0.15) is 17.5 Å². The maximum Gasteiger partial charge on any atom is 0.255 e. The summed E-state index contributed by atoms with van der Waals surface area (Å²) in [6, 6.07) is 8.05. The van der Waals surface area contributed by atoms with Crippen molar-refractivity contribution in [2.24, 2.45) is 7.05 Å². The Kier molecular flexibility index (Phi) is 8.17. The summed E-state index contributed by atoms with van der Waals surface area (Å²) in [4.78, 5) is 26.6. The molecule has 1 N–H and O–H groups in total. The van der Waals surface area contributed by atoms with E-state index in [0.29, 0.717) is 23.6 Å². The lowest BCUT2D eigenvalue weighted by Gasteiger charge is -2.32. The number of rotatable bonds is 7. The summed E-state index contributed by atoms with van der Waals surface area (Å²) in [6.07, 6.45) is 3.20. The van der Waals surface area contributed by atoms with Crippen LogP contribution in [-0.2, 0) is 13.5 Å². The SMILES string of the molecule is CN1CCN(CCCNc2ncc3cc(Cc4ccc(F)cc4)c(=O)n(C)c3n2)CC1.Cl. The fourth-order valence-electron chi connectivity index (χ4n) is 3.92. The average molecular weight is 461 g/mol. The fourth-order valence-corrected chi connectivity index (χ4v) is 3.92. The standard InChI is InChI=1S/C23H29FN6O.ClH/c1-28-10-12-30(13-11-28)9-3-8-25-23-26-16-19-15-18(22(31)29(2)21(19)27-23)14-17-4-6-20(24)7-5-17;/h4-7,15-16H,3,8-14H2,1-2H3,(H,25,26,27);1H. The van der Waals surface area contributed by atoms with E-state index >= 15 is 0 Å². The number of hydrogen-bond donors (Lipinski definition) is 1. The largest absolute Gasteiger partial charge is 0.354 e. The number of benzene rings is 1. The van der Waals surface area contributed by atoms with Crippen molar-refractivity contribution in [2.45, 2.75) is 12.8 Å². The summed E-state index contributed by atoms with van der Waals surface area (Å²) in [5.74, 6) is 0.249. The van der Waals surface area contributed by atoms with Crippen molar-refractivity contribution in [3.8, 4) is 0 Å². The van der Waals surface area contributed by atoms with Gasteiger partial charge in [-0.25, -0.2) is 9.37 Å². The third kappa shape index (κ3) is 5.82. The average Bonchev–Trinajstić information content (AvgIpc) is 2.78. The first-order valence-electron chi connectivity index (χ1n) is 10.7. The normalized spacial score (nSPS) is 15.0. The Bertz CT molecular complexity index is 1100. The minimum absolute atomic E-state index is 0.